The number of rotatable bonds is 8. The third kappa shape index (κ3) is 3.58. The molecule has 0 spiro atoms. The quantitative estimate of drug-likeness (QED) is 0.796. The minimum atomic E-state index is 0.419. The highest BCUT2D eigenvalue weighted by atomic mass is 79.9. The van der Waals surface area contributed by atoms with Crippen LogP contribution in [0.2, 0.25) is 0 Å². The van der Waals surface area contributed by atoms with Crippen LogP contribution < -0.4 is 5.32 Å². The second-order valence-electron chi connectivity index (χ2n) is 5.22. The molecule has 1 heterocycles. The Balaban J connectivity index is 2.16. The number of nitrogens with one attached hydrogen (secondary N) is 1. The molecule has 1 saturated carbocycles. The lowest BCUT2D eigenvalue weighted by molar-refractivity contribution is 0.176. The average molecular weight is 330 g/mol. The van der Waals surface area contributed by atoms with Crippen molar-refractivity contribution in [2.24, 2.45) is 5.92 Å². The molecule has 108 valence electrons. The van der Waals surface area contributed by atoms with Gasteiger partial charge >= 0.3 is 0 Å². The molecular formula is C14H24BrN3O. The number of methoxy groups -OCH3 is 1. The first-order valence-electron chi connectivity index (χ1n) is 7.21. The number of nitrogens with zero attached hydrogens (tertiary/aromatic N) is 2. The van der Waals surface area contributed by atoms with Gasteiger partial charge in [0, 0.05) is 7.11 Å². The summed E-state index contributed by atoms with van der Waals surface area (Å²) in [6.07, 6.45) is 7.07. The van der Waals surface area contributed by atoms with Gasteiger partial charge in [-0.25, -0.2) is 0 Å². The van der Waals surface area contributed by atoms with Crippen LogP contribution in [0.5, 0.6) is 0 Å². The molecule has 4 nitrogen and oxygen atoms in total. The Labute approximate surface area is 124 Å². The van der Waals surface area contributed by atoms with Crippen LogP contribution in [-0.4, -0.2) is 30.0 Å². The Morgan fingerprint density at radius 1 is 1.58 bits per heavy atom. The van der Waals surface area contributed by atoms with Gasteiger partial charge < -0.3 is 10.1 Å². The summed E-state index contributed by atoms with van der Waals surface area (Å²) < 4.78 is 8.37. The fourth-order valence-electron chi connectivity index (χ4n) is 2.60. The Morgan fingerprint density at radius 2 is 2.37 bits per heavy atom. The molecule has 0 bridgehead atoms. The Bertz CT molecular complexity index is 390. The molecule has 0 saturated heterocycles. The molecule has 1 unspecified atom stereocenters. The summed E-state index contributed by atoms with van der Waals surface area (Å²) in [5.41, 5.74) is 1.29. The first-order chi connectivity index (χ1) is 9.27. The van der Waals surface area contributed by atoms with Crippen molar-refractivity contribution in [3.8, 4) is 0 Å². The monoisotopic (exact) mass is 329 g/mol. The smallest absolute Gasteiger partial charge is 0.0699 e. The van der Waals surface area contributed by atoms with Gasteiger partial charge in [0.1, 0.15) is 0 Å². The molecular weight excluding hydrogens is 306 g/mol. The molecule has 1 aromatic rings. The lowest BCUT2D eigenvalue weighted by Crippen LogP contribution is -2.34. The molecule has 0 aromatic carbocycles. The van der Waals surface area contributed by atoms with Gasteiger partial charge in [-0.05, 0) is 47.7 Å². The summed E-state index contributed by atoms with van der Waals surface area (Å²) in [6, 6.07) is 0.419. The standard InChI is InChI=1S/C14H24BrN3O/c1-3-7-16-13(11-5-4-6-11)14-12(15)10-17-18(14)8-9-19-2/h10-11,13,16H,3-9H2,1-2H3. The van der Waals surface area contributed by atoms with Crippen LogP contribution in [0.1, 0.15) is 44.3 Å². The SMILES string of the molecule is CCCNC(c1c(Br)cnn1CCOC)C1CCC1. The highest BCUT2D eigenvalue weighted by Crippen LogP contribution is 2.39. The van der Waals surface area contributed by atoms with Crippen molar-refractivity contribution in [3.63, 3.8) is 0 Å². The molecule has 0 radical (unpaired) electrons. The lowest BCUT2D eigenvalue weighted by atomic mass is 9.78. The van der Waals surface area contributed by atoms with Gasteiger partial charge in [0.2, 0.25) is 0 Å². The van der Waals surface area contributed by atoms with Crippen LogP contribution >= 0.6 is 15.9 Å². The van der Waals surface area contributed by atoms with E-state index in [1.54, 1.807) is 7.11 Å². The molecule has 0 amide bonds. The normalized spacial score (nSPS) is 17.4. The molecule has 5 heteroatoms. The van der Waals surface area contributed by atoms with Crippen molar-refractivity contribution in [1.82, 2.24) is 15.1 Å². The van der Waals surface area contributed by atoms with E-state index < -0.39 is 0 Å². The van der Waals surface area contributed by atoms with Crippen LogP contribution in [0.3, 0.4) is 0 Å². The van der Waals surface area contributed by atoms with E-state index in [0.29, 0.717) is 12.6 Å². The van der Waals surface area contributed by atoms with Gasteiger partial charge in [-0.3, -0.25) is 4.68 Å². The van der Waals surface area contributed by atoms with E-state index in [2.05, 4.69) is 38.0 Å². The third-order valence-corrected chi connectivity index (χ3v) is 4.48. The van der Waals surface area contributed by atoms with E-state index >= 15 is 0 Å². The Kier molecular flexibility index (Phi) is 5.85. The van der Waals surface area contributed by atoms with Gasteiger partial charge in [-0.15, -0.1) is 0 Å². The molecule has 1 atom stereocenters. The molecule has 0 aliphatic heterocycles. The van der Waals surface area contributed by atoms with E-state index in [1.807, 2.05) is 6.20 Å². The van der Waals surface area contributed by atoms with E-state index in [9.17, 15) is 0 Å². The van der Waals surface area contributed by atoms with Crippen LogP contribution in [0.25, 0.3) is 0 Å². The zero-order valence-corrected chi connectivity index (χ0v) is 13.4. The van der Waals surface area contributed by atoms with E-state index in [4.69, 9.17) is 4.74 Å². The number of ether oxygens (including phenoxy) is 1. The zero-order valence-electron chi connectivity index (χ0n) is 11.9. The van der Waals surface area contributed by atoms with Crippen molar-refractivity contribution >= 4 is 15.9 Å². The number of hydrogen-bond donors (Lipinski definition) is 1. The highest BCUT2D eigenvalue weighted by Gasteiger charge is 2.31. The van der Waals surface area contributed by atoms with E-state index in [1.165, 1.54) is 25.0 Å². The van der Waals surface area contributed by atoms with E-state index in [-0.39, 0.29) is 0 Å². The summed E-state index contributed by atoms with van der Waals surface area (Å²) in [5.74, 6) is 0.751. The second kappa shape index (κ2) is 7.41. The Hall–Kier alpha value is -0.390. The topological polar surface area (TPSA) is 39.1 Å². The summed E-state index contributed by atoms with van der Waals surface area (Å²) in [7, 11) is 1.73. The van der Waals surface area contributed by atoms with Crippen molar-refractivity contribution in [2.45, 2.75) is 45.2 Å². The summed E-state index contributed by atoms with van der Waals surface area (Å²) in [6.45, 7) is 4.78. The highest BCUT2D eigenvalue weighted by molar-refractivity contribution is 9.10. The second-order valence-corrected chi connectivity index (χ2v) is 6.07. The van der Waals surface area contributed by atoms with Crippen molar-refractivity contribution in [2.75, 3.05) is 20.3 Å². The van der Waals surface area contributed by atoms with Gasteiger partial charge in [-0.2, -0.15) is 5.10 Å². The van der Waals surface area contributed by atoms with E-state index in [0.717, 1.165) is 29.9 Å². The summed E-state index contributed by atoms with van der Waals surface area (Å²) in [5, 5.41) is 8.17. The number of hydrogen-bond acceptors (Lipinski definition) is 3. The molecule has 1 aliphatic carbocycles. The van der Waals surface area contributed by atoms with Crippen LogP contribution in [0.4, 0.5) is 0 Å². The van der Waals surface area contributed by atoms with Gasteiger partial charge in [0.25, 0.3) is 0 Å². The molecule has 2 rings (SSSR count). The minimum Gasteiger partial charge on any atom is -0.383 e. The van der Waals surface area contributed by atoms with Gasteiger partial charge in [0.05, 0.1) is 35.6 Å². The maximum absolute atomic E-state index is 5.18. The predicted molar refractivity (Wildman–Crippen MR) is 80.2 cm³/mol. The zero-order chi connectivity index (χ0) is 13.7. The largest absolute Gasteiger partial charge is 0.383 e. The average Bonchev–Trinajstić information content (AvgIpc) is 2.71. The van der Waals surface area contributed by atoms with Crippen LogP contribution in [-0.2, 0) is 11.3 Å². The third-order valence-electron chi connectivity index (χ3n) is 3.87. The maximum Gasteiger partial charge on any atom is 0.0699 e. The van der Waals surface area contributed by atoms with Crippen molar-refractivity contribution in [1.29, 1.82) is 0 Å². The summed E-state index contributed by atoms with van der Waals surface area (Å²) >= 11 is 3.66. The predicted octanol–water partition coefficient (Wildman–Crippen LogP) is 3.13. The fraction of sp³-hybridized carbons (Fsp3) is 0.786. The molecule has 1 aliphatic rings. The summed E-state index contributed by atoms with van der Waals surface area (Å²) in [4.78, 5) is 0. The first-order valence-corrected chi connectivity index (χ1v) is 8.00. The van der Waals surface area contributed by atoms with Gasteiger partial charge in [-0.1, -0.05) is 13.3 Å². The van der Waals surface area contributed by atoms with Crippen molar-refractivity contribution in [3.05, 3.63) is 16.4 Å². The maximum atomic E-state index is 5.18. The molecule has 1 aromatic heterocycles. The minimum absolute atomic E-state index is 0.419. The Morgan fingerprint density at radius 3 is 2.95 bits per heavy atom. The number of halogens is 1. The lowest BCUT2D eigenvalue weighted by Gasteiger charge is -2.35. The van der Waals surface area contributed by atoms with Crippen LogP contribution in [0, 0.1) is 5.92 Å². The number of aromatic nitrogens is 2. The van der Waals surface area contributed by atoms with Crippen LogP contribution in [0.15, 0.2) is 10.7 Å². The molecule has 19 heavy (non-hydrogen) atoms. The first kappa shape index (κ1) is 15.0. The fourth-order valence-corrected chi connectivity index (χ4v) is 3.14. The molecule has 1 N–H and O–H groups in total. The van der Waals surface area contributed by atoms with Crippen molar-refractivity contribution < 1.29 is 4.74 Å². The van der Waals surface area contributed by atoms with Gasteiger partial charge in [0.15, 0.2) is 0 Å². The molecule has 1 fully saturated rings.